The molecule has 2 amide bonds. The van der Waals surface area contributed by atoms with Crippen molar-refractivity contribution in [3.8, 4) is 0 Å². The standard InChI is InChI=1S/C15H23N5O2/c1-10-11(2)19-20(12(10)3)9-8-16-14(21)6-4-13-5-7-15(22)18-17-13/h4-9H2,1-3H3,(H,16,21)(H,18,22). The van der Waals surface area contributed by atoms with Crippen LogP contribution in [-0.2, 0) is 16.1 Å². The Morgan fingerprint density at radius 2 is 2.09 bits per heavy atom. The van der Waals surface area contributed by atoms with E-state index in [2.05, 4.69) is 27.9 Å². The monoisotopic (exact) mass is 305 g/mol. The number of carbonyl (C=O) groups is 2. The van der Waals surface area contributed by atoms with Gasteiger partial charge in [-0.15, -0.1) is 0 Å². The van der Waals surface area contributed by atoms with Crippen molar-refractivity contribution in [2.75, 3.05) is 6.54 Å². The van der Waals surface area contributed by atoms with Gasteiger partial charge in [-0.2, -0.15) is 10.2 Å². The number of hydrazone groups is 1. The van der Waals surface area contributed by atoms with Crippen molar-refractivity contribution in [3.63, 3.8) is 0 Å². The van der Waals surface area contributed by atoms with E-state index in [4.69, 9.17) is 0 Å². The second kappa shape index (κ2) is 7.20. The van der Waals surface area contributed by atoms with Crippen LogP contribution >= 0.6 is 0 Å². The summed E-state index contributed by atoms with van der Waals surface area (Å²) in [4.78, 5) is 22.8. The summed E-state index contributed by atoms with van der Waals surface area (Å²) in [7, 11) is 0. The number of nitrogens with one attached hydrogen (secondary N) is 2. The van der Waals surface area contributed by atoms with Gasteiger partial charge in [0.05, 0.1) is 12.2 Å². The van der Waals surface area contributed by atoms with E-state index in [1.165, 1.54) is 5.56 Å². The first kappa shape index (κ1) is 16.2. The normalized spacial score (nSPS) is 14.5. The molecule has 7 nitrogen and oxygen atoms in total. The van der Waals surface area contributed by atoms with Crippen molar-refractivity contribution in [3.05, 3.63) is 17.0 Å². The molecule has 0 atom stereocenters. The predicted octanol–water partition coefficient (Wildman–Crippen LogP) is 0.971. The fraction of sp³-hybridized carbons (Fsp3) is 0.600. The van der Waals surface area contributed by atoms with Gasteiger partial charge in [0, 0.05) is 30.8 Å². The molecular weight excluding hydrogens is 282 g/mol. The maximum Gasteiger partial charge on any atom is 0.240 e. The highest BCUT2D eigenvalue weighted by Crippen LogP contribution is 2.10. The summed E-state index contributed by atoms with van der Waals surface area (Å²) >= 11 is 0. The summed E-state index contributed by atoms with van der Waals surface area (Å²) in [6.45, 7) is 7.30. The van der Waals surface area contributed by atoms with Crippen LogP contribution in [0.5, 0.6) is 0 Å². The first-order chi connectivity index (χ1) is 10.5. The molecule has 1 aromatic rings. The third-order valence-electron chi connectivity index (χ3n) is 4.01. The lowest BCUT2D eigenvalue weighted by molar-refractivity contribution is -0.121. The smallest absolute Gasteiger partial charge is 0.240 e. The molecule has 0 bridgehead atoms. The SMILES string of the molecule is Cc1nn(CCNC(=O)CCC2=NNC(=O)CC2)c(C)c1C. The van der Waals surface area contributed by atoms with Crippen LogP contribution in [0.25, 0.3) is 0 Å². The minimum absolute atomic E-state index is 0.00199. The van der Waals surface area contributed by atoms with Crippen LogP contribution < -0.4 is 10.7 Å². The first-order valence-corrected chi connectivity index (χ1v) is 7.59. The molecule has 2 heterocycles. The van der Waals surface area contributed by atoms with Crippen LogP contribution in [0.3, 0.4) is 0 Å². The summed E-state index contributed by atoms with van der Waals surface area (Å²) in [6, 6.07) is 0. The number of aryl methyl sites for hydroxylation is 1. The van der Waals surface area contributed by atoms with Crippen LogP contribution in [-0.4, -0.2) is 33.9 Å². The summed E-state index contributed by atoms with van der Waals surface area (Å²) < 4.78 is 1.92. The fourth-order valence-corrected chi connectivity index (χ4v) is 2.34. The van der Waals surface area contributed by atoms with Gasteiger partial charge in [-0.1, -0.05) is 0 Å². The van der Waals surface area contributed by atoms with Crippen molar-refractivity contribution < 1.29 is 9.59 Å². The highest BCUT2D eigenvalue weighted by atomic mass is 16.2. The minimum Gasteiger partial charge on any atom is -0.354 e. The predicted molar refractivity (Wildman–Crippen MR) is 83.5 cm³/mol. The van der Waals surface area contributed by atoms with E-state index < -0.39 is 0 Å². The number of amides is 2. The molecule has 0 aliphatic carbocycles. The average Bonchev–Trinajstić information content (AvgIpc) is 2.74. The maximum absolute atomic E-state index is 11.8. The van der Waals surface area contributed by atoms with Gasteiger partial charge in [-0.3, -0.25) is 14.3 Å². The molecule has 0 fully saturated rings. The lowest BCUT2D eigenvalue weighted by Gasteiger charge is -2.12. The zero-order valence-corrected chi connectivity index (χ0v) is 13.4. The van der Waals surface area contributed by atoms with Gasteiger partial charge in [0.1, 0.15) is 0 Å². The largest absolute Gasteiger partial charge is 0.354 e. The quantitative estimate of drug-likeness (QED) is 0.821. The van der Waals surface area contributed by atoms with E-state index in [0.717, 1.165) is 17.1 Å². The molecule has 7 heteroatoms. The fourth-order valence-electron chi connectivity index (χ4n) is 2.34. The second-order valence-corrected chi connectivity index (χ2v) is 5.58. The number of rotatable bonds is 6. The lowest BCUT2D eigenvalue weighted by Crippen LogP contribution is -2.29. The van der Waals surface area contributed by atoms with Gasteiger partial charge in [-0.05, 0) is 39.2 Å². The van der Waals surface area contributed by atoms with Crippen molar-refractivity contribution in [1.29, 1.82) is 0 Å². The number of carbonyl (C=O) groups excluding carboxylic acids is 2. The zero-order valence-electron chi connectivity index (χ0n) is 13.4. The van der Waals surface area contributed by atoms with Gasteiger partial charge in [0.15, 0.2) is 0 Å². The average molecular weight is 305 g/mol. The van der Waals surface area contributed by atoms with E-state index >= 15 is 0 Å². The molecule has 120 valence electrons. The summed E-state index contributed by atoms with van der Waals surface area (Å²) in [6.07, 6.45) is 2.08. The van der Waals surface area contributed by atoms with Gasteiger partial charge in [0.25, 0.3) is 0 Å². The molecule has 0 aromatic carbocycles. The summed E-state index contributed by atoms with van der Waals surface area (Å²) in [5, 5.41) is 11.3. The Bertz CT molecular complexity index is 603. The third kappa shape index (κ3) is 4.16. The van der Waals surface area contributed by atoms with Crippen molar-refractivity contribution in [2.24, 2.45) is 5.10 Å². The highest BCUT2D eigenvalue weighted by molar-refractivity contribution is 5.94. The number of hydrogen-bond donors (Lipinski definition) is 2. The first-order valence-electron chi connectivity index (χ1n) is 7.59. The molecule has 22 heavy (non-hydrogen) atoms. The van der Waals surface area contributed by atoms with E-state index in [0.29, 0.717) is 38.8 Å². The van der Waals surface area contributed by atoms with Gasteiger partial charge in [0.2, 0.25) is 11.8 Å². The number of hydrogen-bond acceptors (Lipinski definition) is 4. The van der Waals surface area contributed by atoms with E-state index in [9.17, 15) is 9.59 Å². The molecule has 1 aliphatic heterocycles. The van der Waals surface area contributed by atoms with Crippen molar-refractivity contribution >= 4 is 17.5 Å². The van der Waals surface area contributed by atoms with Crippen molar-refractivity contribution in [2.45, 2.75) is 53.0 Å². The Balaban J connectivity index is 1.69. The number of aromatic nitrogens is 2. The van der Waals surface area contributed by atoms with Crippen LogP contribution in [0.4, 0.5) is 0 Å². The molecular formula is C15H23N5O2. The Labute approximate surface area is 130 Å². The summed E-state index contributed by atoms with van der Waals surface area (Å²) in [5.74, 6) is -0.0637. The Morgan fingerprint density at radius 1 is 1.32 bits per heavy atom. The molecule has 1 aromatic heterocycles. The van der Waals surface area contributed by atoms with Gasteiger partial charge in [-0.25, -0.2) is 5.43 Å². The van der Waals surface area contributed by atoms with Gasteiger partial charge < -0.3 is 5.32 Å². The third-order valence-corrected chi connectivity index (χ3v) is 4.01. The molecule has 0 unspecified atom stereocenters. The Morgan fingerprint density at radius 3 is 2.68 bits per heavy atom. The maximum atomic E-state index is 11.8. The highest BCUT2D eigenvalue weighted by Gasteiger charge is 2.13. The van der Waals surface area contributed by atoms with Crippen molar-refractivity contribution in [1.82, 2.24) is 20.5 Å². The molecule has 0 saturated carbocycles. The molecule has 0 saturated heterocycles. The molecule has 1 aliphatic rings. The molecule has 2 rings (SSSR count). The van der Waals surface area contributed by atoms with Crippen LogP contribution in [0.2, 0.25) is 0 Å². The number of nitrogens with zero attached hydrogens (tertiary/aromatic N) is 3. The Kier molecular flexibility index (Phi) is 5.30. The van der Waals surface area contributed by atoms with Crippen LogP contribution in [0.1, 0.15) is 42.6 Å². The van der Waals surface area contributed by atoms with E-state index in [1.54, 1.807) is 0 Å². The second-order valence-electron chi connectivity index (χ2n) is 5.58. The molecule has 0 spiro atoms. The lowest BCUT2D eigenvalue weighted by atomic mass is 10.1. The van der Waals surface area contributed by atoms with E-state index in [1.807, 2.05) is 18.5 Å². The zero-order chi connectivity index (χ0) is 16.1. The summed E-state index contributed by atoms with van der Waals surface area (Å²) in [5.41, 5.74) is 6.68. The Hall–Kier alpha value is -2.18. The molecule has 0 radical (unpaired) electrons. The van der Waals surface area contributed by atoms with E-state index in [-0.39, 0.29) is 11.8 Å². The molecule has 2 N–H and O–H groups in total. The van der Waals surface area contributed by atoms with Crippen LogP contribution in [0.15, 0.2) is 5.10 Å². The van der Waals surface area contributed by atoms with Gasteiger partial charge >= 0.3 is 0 Å². The van der Waals surface area contributed by atoms with Crippen LogP contribution in [0, 0.1) is 20.8 Å². The minimum atomic E-state index is -0.0617. The topological polar surface area (TPSA) is 88.4 Å².